The summed E-state index contributed by atoms with van der Waals surface area (Å²) in [5.41, 5.74) is 1.96. The van der Waals surface area contributed by atoms with Crippen molar-refractivity contribution in [1.29, 1.82) is 0 Å². The van der Waals surface area contributed by atoms with E-state index in [1.807, 2.05) is 15.8 Å². The third-order valence-electron chi connectivity index (χ3n) is 4.86. The Hall–Kier alpha value is -2.15. The predicted octanol–water partition coefficient (Wildman–Crippen LogP) is 2.18. The van der Waals surface area contributed by atoms with E-state index in [9.17, 15) is 4.79 Å². The zero-order valence-corrected chi connectivity index (χ0v) is 14.2. The molecule has 2 aromatic rings. The first-order valence-corrected chi connectivity index (χ1v) is 8.61. The van der Waals surface area contributed by atoms with Crippen molar-refractivity contribution in [3.8, 4) is 0 Å². The zero-order valence-electron chi connectivity index (χ0n) is 14.2. The van der Waals surface area contributed by atoms with Gasteiger partial charge in [-0.05, 0) is 6.42 Å². The summed E-state index contributed by atoms with van der Waals surface area (Å²) in [5.74, 6) is 1.54. The molecule has 7 nitrogen and oxygen atoms in total. The number of hydrogen-bond donors (Lipinski definition) is 0. The molecule has 0 saturated carbocycles. The second-order valence-electron chi connectivity index (χ2n) is 6.99. The molecule has 0 atom stereocenters. The van der Waals surface area contributed by atoms with Gasteiger partial charge in [-0.15, -0.1) is 0 Å². The van der Waals surface area contributed by atoms with Crippen molar-refractivity contribution in [3.05, 3.63) is 30.2 Å². The molecule has 1 amide bonds. The van der Waals surface area contributed by atoms with Crippen LogP contribution in [0.5, 0.6) is 0 Å². The van der Waals surface area contributed by atoms with Crippen LogP contribution in [0.3, 0.4) is 0 Å². The Bertz CT molecular complexity index is 729. The van der Waals surface area contributed by atoms with Gasteiger partial charge in [-0.2, -0.15) is 5.10 Å². The van der Waals surface area contributed by atoms with Crippen LogP contribution in [0.15, 0.2) is 23.2 Å². The average molecular weight is 329 g/mol. The summed E-state index contributed by atoms with van der Waals surface area (Å²) in [5, 5.41) is 4.46. The van der Waals surface area contributed by atoms with Crippen molar-refractivity contribution in [2.45, 2.75) is 45.2 Å². The Morgan fingerprint density at radius 3 is 2.92 bits per heavy atom. The van der Waals surface area contributed by atoms with E-state index in [0.717, 1.165) is 49.7 Å². The van der Waals surface area contributed by atoms with E-state index in [1.54, 1.807) is 6.20 Å². The lowest BCUT2D eigenvalue weighted by molar-refractivity contribution is -0.117. The van der Waals surface area contributed by atoms with Crippen LogP contribution in [0.4, 0.5) is 5.69 Å². The van der Waals surface area contributed by atoms with Gasteiger partial charge < -0.3 is 9.32 Å². The van der Waals surface area contributed by atoms with Crippen LogP contribution in [-0.2, 0) is 11.3 Å². The third-order valence-corrected chi connectivity index (χ3v) is 4.86. The summed E-state index contributed by atoms with van der Waals surface area (Å²) < 4.78 is 7.47. The van der Waals surface area contributed by atoms with Crippen molar-refractivity contribution in [1.82, 2.24) is 19.7 Å². The number of likely N-dealkylation sites (tertiary alicyclic amines) is 1. The second-order valence-corrected chi connectivity index (χ2v) is 6.99. The summed E-state index contributed by atoms with van der Waals surface area (Å²) in [6, 6.07) is 0.367. The standard InChI is InChI=1S/C17H23N5O2/c1-12(2)17-15(18-11-24-17)10-20-7-14(8-20)22-9-13(6-19-22)21-5-3-4-16(21)23/h6,9,11-12,14H,3-5,7-8,10H2,1-2H3. The van der Waals surface area contributed by atoms with Crippen molar-refractivity contribution in [2.24, 2.45) is 0 Å². The SMILES string of the molecule is CC(C)c1ocnc1CN1CC(n2cc(N3CCCC3=O)cn2)C1. The van der Waals surface area contributed by atoms with Gasteiger partial charge in [-0.1, -0.05) is 13.8 Å². The quantitative estimate of drug-likeness (QED) is 0.841. The molecule has 4 rings (SSSR count). The van der Waals surface area contributed by atoms with E-state index in [4.69, 9.17) is 4.42 Å². The smallest absolute Gasteiger partial charge is 0.227 e. The molecule has 0 spiro atoms. The number of nitrogens with zero attached hydrogens (tertiary/aromatic N) is 5. The van der Waals surface area contributed by atoms with Crippen LogP contribution >= 0.6 is 0 Å². The second kappa shape index (κ2) is 6.05. The molecule has 2 saturated heterocycles. The molecular weight excluding hydrogens is 306 g/mol. The van der Waals surface area contributed by atoms with Crippen LogP contribution in [-0.4, -0.2) is 45.2 Å². The maximum absolute atomic E-state index is 11.8. The minimum absolute atomic E-state index is 0.206. The number of carbonyl (C=O) groups is 1. The van der Waals surface area contributed by atoms with Crippen molar-refractivity contribution >= 4 is 11.6 Å². The molecule has 0 bridgehead atoms. The van der Waals surface area contributed by atoms with E-state index in [-0.39, 0.29) is 5.91 Å². The van der Waals surface area contributed by atoms with E-state index in [1.165, 1.54) is 6.39 Å². The number of hydrogen-bond acceptors (Lipinski definition) is 5. The number of rotatable bonds is 5. The summed E-state index contributed by atoms with van der Waals surface area (Å²) in [6.45, 7) is 7.76. The average Bonchev–Trinajstić information content (AvgIpc) is 3.21. The number of oxazole rings is 1. The first-order chi connectivity index (χ1) is 11.6. The molecule has 2 aromatic heterocycles. The van der Waals surface area contributed by atoms with Crippen molar-refractivity contribution in [2.75, 3.05) is 24.5 Å². The van der Waals surface area contributed by atoms with E-state index in [2.05, 4.69) is 28.8 Å². The lowest BCUT2D eigenvalue weighted by atomic mass is 10.1. The van der Waals surface area contributed by atoms with Crippen LogP contribution in [0.25, 0.3) is 0 Å². The highest BCUT2D eigenvalue weighted by Crippen LogP contribution is 2.28. The highest BCUT2D eigenvalue weighted by atomic mass is 16.3. The maximum Gasteiger partial charge on any atom is 0.227 e. The van der Waals surface area contributed by atoms with Gasteiger partial charge in [0.2, 0.25) is 5.91 Å². The van der Waals surface area contributed by atoms with Gasteiger partial charge in [0, 0.05) is 44.7 Å². The molecule has 2 aliphatic heterocycles. The maximum atomic E-state index is 11.8. The molecule has 7 heteroatoms. The molecule has 0 radical (unpaired) electrons. The minimum atomic E-state index is 0.206. The molecular formula is C17H23N5O2. The summed E-state index contributed by atoms with van der Waals surface area (Å²) in [4.78, 5) is 20.3. The summed E-state index contributed by atoms with van der Waals surface area (Å²) in [6.07, 6.45) is 6.94. The largest absolute Gasteiger partial charge is 0.448 e. The summed E-state index contributed by atoms with van der Waals surface area (Å²) >= 11 is 0. The highest BCUT2D eigenvalue weighted by Gasteiger charge is 2.31. The minimum Gasteiger partial charge on any atom is -0.448 e. The Balaban J connectivity index is 1.35. The van der Waals surface area contributed by atoms with Gasteiger partial charge in [0.15, 0.2) is 6.39 Å². The Kier molecular flexibility index (Phi) is 3.88. The van der Waals surface area contributed by atoms with Gasteiger partial charge in [0.25, 0.3) is 0 Å². The van der Waals surface area contributed by atoms with Gasteiger partial charge in [-0.25, -0.2) is 4.98 Å². The lowest BCUT2D eigenvalue weighted by Gasteiger charge is -2.38. The number of aromatic nitrogens is 3. The lowest BCUT2D eigenvalue weighted by Crippen LogP contribution is -2.47. The molecule has 24 heavy (non-hydrogen) atoms. The molecule has 2 aliphatic rings. The molecule has 0 aliphatic carbocycles. The monoisotopic (exact) mass is 329 g/mol. The van der Waals surface area contributed by atoms with Gasteiger partial charge in [-0.3, -0.25) is 14.4 Å². The molecule has 4 heterocycles. The first kappa shape index (κ1) is 15.4. The van der Waals surface area contributed by atoms with Gasteiger partial charge >= 0.3 is 0 Å². The number of anilines is 1. The highest BCUT2D eigenvalue weighted by molar-refractivity contribution is 5.95. The topological polar surface area (TPSA) is 67.4 Å². The van der Waals surface area contributed by atoms with Crippen LogP contribution in [0, 0.1) is 0 Å². The number of carbonyl (C=O) groups excluding carboxylic acids is 1. The Morgan fingerprint density at radius 2 is 2.21 bits per heavy atom. The summed E-state index contributed by atoms with van der Waals surface area (Å²) in [7, 11) is 0. The fraction of sp³-hybridized carbons (Fsp3) is 0.588. The van der Waals surface area contributed by atoms with E-state index < -0.39 is 0 Å². The number of amides is 1. The predicted molar refractivity (Wildman–Crippen MR) is 88.7 cm³/mol. The first-order valence-electron chi connectivity index (χ1n) is 8.61. The molecule has 0 aromatic carbocycles. The van der Waals surface area contributed by atoms with Gasteiger partial charge in [0.1, 0.15) is 5.76 Å². The van der Waals surface area contributed by atoms with Crippen LogP contribution in [0.2, 0.25) is 0 Å². The molecule has 0 N–H and O–H groups in total. The van der Waals surface area contributed by atoms with Crippen molar-refractivity contribution < 1.29 is 9.21 Å². The van der Waals surface area contributed by atoms with Gasteiger partial charge in [0.05, 0.1) is 23.6 Å². The van der Waals surface area contributed by atoms with Crippen molar-refractivity contribution in [3.63, 3.8) is 0 Å². The molecule has 2 fully saturated rings. The van der Waals surface area contributed by atoms with Crippen LogP contribution in [0.1, 0.15) is 50.1 Å². The molecule has 128 valence electrons. The fourth-order valence-electron chi connectivity index (χ4n) is 3.51. The Morgan fingerprint density at radius 1 is 1.38 bits per heavy atom. The molecule has 0 unspecified atom stereocenters. The van der Waals surface area contributed by atoms with Crippen LogP contribution < -0.4 is 4.90 Å². The third kappa shape index (κ3) is 2.73. The normalized spacial score (nSPS) is 19.5. The zero-order chi connectivity index (χ0) is 16.7. The van der Waals surface area contributed by atoms with E-state index >= 15 is 0 Å². The van der Waals surface area contributed by atoms with E-state index in [0.29, 0.717) is 18.4 Å². The Labute approximate surface area is 141 Å². The fourth-order valence-corrected chi connectivity index (χ4v) is 3.51.